The zero-order chi connectivity index (χ0) is 31.0. The predicted molar refractivity (Wildman–Crippen MR) is 162 cm³/mol. The van der Waals surface area contributed by atoms with E-state index in [1.165, 1.54) is 18.2 Å². The summed E-state index contributed by atoms with van der Waals surface area (Å²) in [5.41, 5.74) is -0.0445. The van der Waals surface area contributed by atoms with Crippen LogP contribution in [0.4, 0.5) is 19.0 Å². The average molecular weight is 622 g/mol. The fraction of sp³-hybridized carbons (Fsp3) is 0.485. The maximum absolute atomic E-state index is 16.9. The number of anilines is 1. The van der Waals surface area contributed by atoms with Gasteiger partial charge in [-0.25, -0.2) is 18.2 Å². The minimum absolute atomic E-state index is 0.0264. The van der Waals surface area contributed by atoms with Crippen LogP contribution in [0.1, 0.15) is 38.2 Å². The predicted octanol–water partition coefficient (Wildman–Crippen LogP) is 5.33. The molecule has 12 heteroatoms. The second-order valence-electron chi connectivity index (χ2n) is 12.7. The summed E-state index contributed by atoms with van der Waals surface area (Å²) in [5, 5.41) is 11.9. The van der Waals surface area contributed by atoms with Gasteiger partial charge >= 0.3 is 6.01 Å². The van der Waals surface area contributed by atoms with Gasteiger partial charge in [0.2, 0.25) is 5.88 Å². The van der Waals surface area contributed by atoms with Crippen molar-refractivity contribution in [1.82, 2.24) is 19.9 Å². The fourth-order valence-corrected chi connectivity index (χ4v) is 7.92. The Hall–Kier alpha value is -3.90. The van der Waals surface area contributed by atoms with E-state index in [-0.39, 0.29) is 52.4 Å². The number of phenols is 1. The normalized spacial score (nSPS) is 26.2. The highest BCUT2D eigenvalue weighted by Crippen LogP contribution is 2.45. The number of hydrogen-bond acceptors (Lipinski definition) is 9. The average Bonchev–Trinajstić information content (AvgIpc) is 3.52. The lowest BCUT2D eigenvalue weighted by atomic mass is 9.94. The maximum Gasteiger partial charge on any atom is 0.319 e. The second kappa shape index (κ2) is 10.6. The Labute approximate surface area is 257 Å². The number of likely N-dealkylation sites (N-methyl/N-ethyl adjacent to an activating group) is 1. The summed E-state index contributed by atoms with van der Waals surface area (Å²) in [5.74, 6) is -0.789. The van der Waals surface area contributed by atoms with E-state index in [2.05, 4.69) is 9.88 Å². The van der Waals surface area contributed by atoms with Crippen LogP contribution in [0.3, 0.4) is 0 Å². The van der Waals surface area contributed by atoms with Gasteiger partial charge in [0.05, 0.1) is 18.2 Å². The molecule has 0 radical (unpaired) electrons. The van der Waals surface area contributed by atoms with Crippen molar-refractivity contribution in [3.8, 4) is 28.9 Å². The van der Waals surface area contributed by atoms with Crippen LogP contribution in [0.25, 0.3) is 32.9 Å². The molecular weight excluding hydrogens is 587 g/mol. The van der Waals surface area contributed by atoms with Gasteiger partial charge in [-0.05, 0) is 66.8 Å². The molecule has 3 fully saturated rings. The lowest BCUT2D eigenvalue weighted by Gasteiger charge is -2.36. The van der Waals surface area contributed by atoms with Crippen molar-refractivity contribution in [3.05, 3.63) is 41.5 Å². The molecule has 2 unspecified atom stereocenters. The molecule has 0 saturated carbocycles. The van der Waals surface area contributed by atoms with E-state index in [1.807, 2.05) is 18.9 Å². The Bertz CT molecular complexity index is 1840. The standard InChI is InChI=1S/C33H34F3N5O4/c1-3-20-22(35)6-5-17-11-19(42)12-21(25(17)20)28-27(36)29-26-30(40(2)23-7-10-43-15-24(23)45-31(26)37-28)39-32(38-29)44-16-33-8-4-9-41(33)14-18(34)13-33/h5-6,11-12,18,23-24,42H,3-4,7-10,13-16H2,1-2H3/t18-,23?,24?,33+/m1/s1. The zero-order valence-corrected chi connectivity index (χ0v) is 25.2. The molecule has 0 aliphatic carbocycles. The first-order valence-electron chi connectivity index (χ1n) is 15.6. The van der Waals surface area contributed by atoms with Gasteiger partial charge < -0.3 is 24.2 Å². The van der Waals surface area contributed by atoms with Gasteiger partial charge in [-0.2, -0.15) is 9.97 Å². The molecule has 2 aromatic heterocycles. The van der Waals surface area contributed by atoms with Crippen LogP contribution in [-0.2, 0) is 11.2 Å². The number of fused-ring (bicyclic) bond motifs is 3. The number of alkyl halides is 1. The molecule has 0 amide bonds. The third kappa shape index (κ3) is 4.47. The third-order valence-corrected chi connectivity index (χ3v) is 10.1. The molecule has 4 atom stereocenters. The summed E-state index contributed by atoms with van der Waals surface area (Å²) in [6.45, 7) is 4.02. The number of aryl methyl sites for hydroxylation is 1. The molecule has 45 heavy (non-hydrogen) atoms. The van der Waals surface area contributed by atoms with Crippen LogP contribution < -0.4 is 14.4 Å². The Balaban J connectivity index is 1.33. The molecule has 9 nitrogen and oxygen atoms in total. The van der Waals surface area contributed by atoms with E-state index in [1.54, 1.807) is 6.07 Å². The number of hydrogen-bond donors (Lipinski definition) is 1. The third-order valence-electron chi connectivity index (χ3n) is 10.1. The van der Waals surface area contributed by atoms with E-state index in [0.29, 0.717) is 61.2 Å². The Morgan fingerprint density at radius 2 is 2.02 bits per heavy atom. The number of aromatic nitrogens is 3. The summed E-state index contributed by atoms with van der Waals surface area (Å²) in [7, 11) is 1.87. The number of phenolic OH excluding ortho intramolecular Hbond substituents is 1. The SMILES string of the molecule is CCc1c(F)ccc2cc(O)cc(-c3nc4c5c(nc(OC[C@@]67CCCN6C[C@H](F)C7)nc5c3F)N(C)C3CCOCC3O4)c12. The molecule has 1 N–H and O–H groups in total. The maximum atomic E-state index is 16.9. The van der Waals surface area contributed by atoms with Crippen molar-refractivity contribution in [2.45, 2.75) is 62.9 Å². The van der Waals surface area contributed by atoms with Crippen LogP contribution in [0.5, 0.6) is 17.6 Å². The molecule has 4 aromatic rings. The highest BCUT2D eigenvalue weighted by atomic mass is 19.1. The van der Waals surface area contributed by atoms with Crippen LogP contribution in [-0.4, -0.2) is 88.8 Å². The van der Waals surface area contributed by atoms with Gasteiger partial charge in [-0.15, -0.1) is 0 Å². The van der Waals surface area contributed by atoms with Gasteiger partial charge in [0, 0.05) is 32.2 Å². The highest BCUT2D eigenvalue weighted by Gasteiger charge is 2.49. The molecule has 3 saturated heterocycles. The number of ether oxygens (including phenoxy) is 3. The fourth-order valence-electron chi connectivity index (χ4n) is 7.92. The number of benzene rings is 2. The number of aromatic hydroxyl groups is 1. The molecule has 4 aliphatic heterocycles. The van der Waals surface area contributed by atoms with Gasteiger partial charge in [0.15, 0.2) is 5.82 Å². The summed E-state index contributed by atoms with van der Waals surface area (Å²) in [6.07, 6.45) is 1.78. The van der Waals surface area contributed by atoms with Crippen LogP contribution >= 0.6 is 0 Å². The lowest BCUT2D eigenvalue weighted by Crippen LogP contribution is -2.49. The molecule has 0 spiro atoms. The van der Waals surface area contributed by atoms with E-state index >= 15 is 8.78 Å². The molecule has 4 aliphatic rings. The summed E-state index contributed by atoms with van der Waals surface area (Å²) < 4.78 is 64.9. The molecular formula is C33H34F3N5O4. The van der Waals surface area contributed by atoms with Crippen molar-refractivity contribution in [2.75, 3.05) is 44.9 Å². The molecule has 0 bridgehead atoms. The van der Waals surface area contributed by atoms with Crippen molar-refractivity contribution in [1.29, 1.82) is 0 Å². The summed E-state index contributed by atoms with van der Waals surface area (Å²) >= 11 is 0. The van der Waals surface area contributed by atoms with E-state index in [4.69, 9.17) is 24.2 Å². The Morgan fingerprint density at radius 3 is 2.87 bits per heavy atom. The number of halogens is 3. The van der Waals surface area contributed by atoms with Crippen LogP contribution in [0.15, 0.2) is 24.3 Å². The van der Waals surface area contributed by atoms with Crippen molar-refractivity contribution in [3.63, 3.8) is 0 Å². The minimum atomic E-state index is -0.923. The Morgan fingerprint density at radius 1 is 1.16 bits per heavy atom. The monoisotopic (exact) mass is 621 g/mol. The smallest absolute Gasteiger partial charge is 0.319 e. The first-order chi connectivity index (χ1) is 21.8. The van der Waals surface area contributed by atoms with Gasteiger partial charge in [-0.3, -0.25) is 4.90 Å². The first kappa shape index (κ1) is 28.6. The van der Waals surface area contributed by atoms with Crippen molar-refractivity contribution >= 4 is 27.5 Å². The number of rotatable bonds is 5. The Kier molecular flexibility index (Phi) is 6.72. The lowest BCUT2D eigenvalue weighted by molar-refractivity contribution is -0.00628. The quantitative estimate of drug-likeness (QED) is 0.317. The first-order valence-corrected chi connectivity index (χ1v) is 15.6. The number of pyridine rings is 1. The largest absolute Gasteiger partial charge is 0.508 e. The van der Waals surface area contributed by atoms with Crippen molar-refractivity contribution in [2.24, 2.45) is 0 Å². The van der Waals surface area contributed by atoms with Crippen LogP contribution in [0.2, 0.25) is 0 Å². The van der Waals surface area contributed by atoms with E-state index < -0.39 is 29.4 Å². The van der Waals surface area contributed by atoms with Crippen molar-refractivity contribution < 1.29 is 32.5 Å². The molecule has 2 aromatic carbocycles. The highest BCUT2D eigenvalue weighted by molar-refractivity contribution is 6.03. The summed E-state index contributed by atoms with van der Waals surface area (Å²) in [6, 6.07) is 5.64. The topological polar surface area (TPSA) is 93.1 Å². The van der Waals surface area contributed by atoms with E-state index in [9.17, 15) is 9.50 Å². The van der Waals surface area contributed by atoms with Gasteiger partial charge in [-0.1, -0.05) is 13.0 Å². The molecule has 236 valence electrons. The van der Waals surface area contributed by atoms with E-state index in [0.717, 1.165) is 19.4 Å². The number of nitrogens with zero attached hydrogens (tertiary/aromatic N) is 5. The van der Waals surface area contributed by atoms with Crippen LogP contribution in [0, 0.1) is 11.6 Å². The zero-order valence-electron chi connectivity index (χ0n) is 25.2. The minimum Gasteiger partial charge on any atom is -0.508 e. The summed E-state index contributed by atoms with van der Waals surface area (Å²) in [4.78, 5) is 18.1. The van der Waals surface area contributed by atoms with Gasteiger partial charge in [0.25, 0.3) is 0 Å². The second-order valence-corrected chi connectivity index (χ2v) is 12.7. The molecule has 6 heterocycles. The molecule has 8 rings (SSSR count). The van der Waals surface area contributed by atoms with Gasteiger partial charge in [0.1, 0.15) is 52.9 Å².